The average Bonchev–Trinajstić information content (AvgIpc) is 3.17. The highest BCUT2D eigenvalue weighted by Crippen LogP contribution is 2.48. The van der Waals surface area contributed by atoms with Gasteiger partial charge in [0.25, 0.3) is 0 Å². The Labute approximate surface area is 115 Å². The molecular weight excluding hydrogens is 232 g/mol. The number of rotatable bonds is 5. The normalized spacial score (nSPS) is 22.1. The molecule has 0 aliphatic heterocycles. The van der Waals surface area contributed by atoms with Gasteiger partial charge in [-0.15, -0.1) is 0 Å². The Balaban J connectivity index is 1.70. The second-order valence-corrected chi connectivity index (χ2v) is 6.07. The van der Waals surface area contributed by atoms with Crippen LogP contribution in [0.2, 0.25) is 0 Å². The number of fused-ring (bicyclic) bond motifs is 1. The lowest BCUT2D eigenvalue weighted by Crippen LogP contribution is -2.22. The molecule has 1 N–H and O–H groups in total. The molecule has 1 aromatic carbocycles. The average molecular weight is 254 g/mol. The Bertz CT molecular complexity index is 557. The molecule has 1 heterocycles. The van der Waals surface area contributed by atoms with Gasteiger partial charge in [-0.2, -0.15) is 0 Å². The lowest BCUT2D eigenvalue weighted by Gasteiger charge is -2.08. The molecule has 2 atom stereocenters. The summed E-state index contributed by atoms with van der Waals surface area (Å²) in [6.07, 6.45) is 3.27. The quantitative estimate of drug-likeness (QED) is 0.882. The maximum Gasteiger partial charge on any atom is 0.0704 e. The molecule has 2 heteroatoms. The molecule has 0 radical (unpaired) electrons. The van der Waals surface area contributed by atoms with Crippen LogP contribution in [0.4, 0.5) is 0 Å². The number of hydrogen-bond donors (Lipinski definition) is 1. The molecule has 1 aromatic heterocycles. The van der Waals surface area contributed by atoms with Gasteiger partial charge >= 0.3 is 0 Å². The lowest BCUT2D eigenvalue weighted by molar-refractivity contribution is 0.533. The van der Waals surface area contributed by atoms with Crippen molar-refractivity contribution in [3.63, 3.8) is 0 Å². The molecule has 100 valence electrons. The van der Waals surface area contributed by atoms with Crippen LogP contribution >= 0.6 is 0 Å². The number of nitrogens with zero attached hydrogens (tertiary/aromatic N) is 1. The van der Waals surface area contributed by atoms with Gasteiger partial charge in [0.15, 0.2) is 0 Å². The predicted molar refractivity (Wildman–Crippen MR) is 80.3 cm³/mol. The van der Waals surface area contributed by atoms with Crippen molar-refractivity contribution in [2.45, 2.75) is 26.2 Å². The van der Waals surface area contributed by atoms with Crippen LogP contribution in [0.3, 0.4) is 0 Å². The fourth-order valence-electron chi connectivity index (χ4n) is 2.85. The number of nitrogens with one attached hydrogen (secondary N) is 1. The van der Waals surface area contributed by atoms with E-state index in [1.807, 2.05) is 6.20 Å². The maximum absolute atomic E-state index is 4.45. The number of pyridine rings is 1. The van der Waals surface area contributed by atoms with Crippen LogP contribution < -0.4 is 5.32 Å². The van der Waals surface area contributed by atoms with E-state index in [4.69, 9.17) is 0 Å². The van der Waals surface area contributed by atoms with E-state index < -0.39 is 0 Å². The molecular formula is C17H22N2. The van der Waals surface area contributed by atoms with Crippen LogP contribution in [-0.4, -0.2) is 18.1 Å². The molecule has 3 rings (SSSR count). The predicted octanol–water partition coefficient (Wildman–Crippen LogP) is 3.58. The molecule has 0 spiro atoms. The highest BCUT2D eigenvalue weighted by molar-refractivity contribution is 5.82. The number of hydrogen-bond acceptors (Lipinski definition) is 2. The first-order valence-electron chi connectivity index (χ1n) is 7.30. The smallest absolute Gasteiger partial charge is 0.0704 e. The van der Waals surface area contributed by atoms with Crippen molar-refractivity contribution in [1.29, 1.82) is 0 Å². The SMILES string of the molecule is CC(C)CNCC1CC1c1ccnc2ccccc12. The summed E-state index contributed by atoms with van der Waals surface area (Å²) < 4.78 is 0. The Morgan fingerprint density at radius 1 is 1.26 bits per heavy atom. The molecule has 1 fully saturated rings. The monoisotopic (exact) mass is 254 g/mol. The second-order valence-electron chi connectivity index (χ2n) is 6.07. The summed E-state index contributed by atoms with van der Waals surface area (Å²) in [5, 5.41) is 4.91. The maximum atomic E-state index is 4.45. The topological polar surface area (TPSA) is 24.9 Å². The zero-order valence-electron chi connectivity index (χ0n) is 11.8. The van der Waals surface area contributed by atoms with Gasteiger partial charge in [0.05, 0.1) is 5.52 Å². The Morgan fingerprint density at radius 2 is 2.11 bits per heavy atom. The van der Waals surface area contributed by atoms with E-state index in [1.165, 1.54) is 17.4 Å². The molecule has 1 saturated carbocycles. The summed E-state index contributed by atoms with van der Waals surface area (Å²) in [6.45, 7) is 6.79. The van der Waals surface area contributed by atoms with Crippen molar-refractivity contribution in [3.8, 4) is 0 Å². The molecule has 19 heavy (non-hydrogen) atoms. The first-order chi connectivity index (χ1) is 9.25. The Kier molecular flexibility index (Phi) is 3.52. The van der Waals surface area contributed by atoms with Crippen LogP contribution in [0.1, 0.15) is 31.7 Å². The van der Waals surface area contributed by atoms with Crippen molar-refractivity contribution < 1.29 is 0 Å². The van der Waals surface area contributed by atoms with Gasteiger partial charge in [0.2, 0.25) is 0 Å². The first-order valence-corrected chi connectivity index (χ1v) is 7.30. The molecule has 1 aliphatic carbocycles. The minimum Gasteiger partial charge on any atom is -0.316 e. The summed E-state index contributed by atoms with van der Waals surface area (Å²) in [4.78, 5) is 4.45. The fourth-order valence-corrected chi connectivity index (χ4v) is 2.85. The third-order valence-electron chi connectivity index (χ3n) is 3.96. The highest BCUT2D eigenvalue weighted by atomic mass is 14.9. The molecule has 1 aliphatic rings. The number of benzene rings is 1. The summed E-state index contributed by atoms with van der Waals surface area (Å²) in [7, 11) is 0. The van der Waals surface area contributed by atoms with E-state index in [2.05, 4.69) is 54.5 Å². The highest BCUT2D eigenvalue weighted by Gasteiger charge is 2.38. The molecule has 0 saturated heterocycles. The van der Waals surface area contributed by atoms with Gasteiger partial charge in [0.1, 0.15) is 0 Å². The summed E-state index contributed by atoms with van der Waals surface area (Å²) in [6, 6.07) is 10.7. The van der Waals surface area contributed by atoms with E-state index in [0.29, 0.717) is 0 Å². The van der Waals surface area contributed by atoms with Crippen LogP contribution in [0.15, 0.2) is 36.5 Å². The van der Waals surface area contributed by atoms with Crippen LogP contribution in [0.5, 0.6) is 0 Å². The molecule has 2 nitrogen and oxygen atoms in total. The standard InChI is InChI=1S/C17H22N2/c1-12(2)10-18-11-13-9-16(13)14-7-8-19-17-6-4-3-5-15(14)17/h3-8,12-13,16,18H,9-11H2,1-2H3. The van der Waals surface area contributed by atoms with Crippen molar-refractivity contribution in [3.05, 3.63) is 42.1 Å². The second kappa shape index (κ2) is 5.30. The van der Waals surface area contributed by atoms with Crippen molar-refractivity contribution in [2.75, 3.05) is 13.1 Å². The molecule has 2 aromatic rings. The van der Waals surface area contributed by atoms with Crippen LogP contribution in [0.25, 0.3) is 10.9 Å². The minimum atomic E-state index is 0.729. The van der Waals surface area contributed by atoms with E-state index in [9.17, 15) is 0 Å². The zero-order valence-corrected chi connectivity index (χ0v) is 11.8. The largest absolute Gasteiger partial charge is 0.316 e. The van der Waals surface area contributed by atoms with Gasteiger partial charge in [0, 0.05) is 11.6 Å². The van der Waals surface area contributed by atoms with E-state index in [-0.39, 0.29) is 0 Å². The van der Waals surface area contributed by atoms with E-state index in [0.717, 1.165) is 36.4 Å². The van der Waals surface area contributed by atoms with E-state index >= 15 is 0 Å². The van der Waals surface area contributed by atoms with E-state index in [1.54, 1.807) is 0 Å². The summed E-state index contributed by atoms with van der Waals surface area (Å²) in [5.74, 6) is 2.27. The third-order valence-corrected chi connectivity index (χ3v) is 3.96. The zero-order chi connectivity index (χ0) is 13.2. The van der Waals surface area contributed by atoms with Crippen molar-refractivity contribution >= 4 is 10.9 Å². The lowest BCUT2D eigenvalue weighted by atomic mass is 10.0. The molecule has 0 amide bonds. The van der Waals surface area contributed by atoms with Gasteiger partial charge < -0.3 is 5.32 Å². The van der Waals surface area contributed by atoms with Crippen molar-refractivity contribution in [1.82, 2.24) is 10.3 Å². The third kappa shape index (κ3) is 2.79. The Hall–Kier alpha value is -1.41. The van der Waals surface area contributed by atoms with Crippen LogP contribution in [-0.2, 0) is 0 Å². The number of aromatic nitrogens is 1. The van der Waals surface area contributed by atoms with Gasteiger partial charge in [-0.3, -0.25) is 4.98 Å². The Morgan fingerprint density at radius 3 is 2.95 bits per heavy atom. The van der Waals surface area contributed by atoms with Gasteiger partial charge in [-0.1, -0.05) is 32.0 Å². The fraction of sp³-hybridized carbons (Fsp3) is 0.471. The van der Waals surface area contributed by atoms with Gasteiger partial charge in [-0.25, -0.2) is 0 Å². The molecule has 2 unspecified atom stereocenters. The number of para-hydroxylation sites is 1. The van der Waals surface area contributed by atoms with Crippen LogP contribution in [0, 0.1) is 11.8 Å². The summed E-state index contributed by atoms with van der Waals surface area (Å²) >= 11 is 0. The molecule has 0 bridgehead atoms. The summed E-state index contributed by atoms with van der Waals surface area (Å²) in [5.41, 5.74) is 2.61. The minimum absolute atomic E-state index is 0.729. The van der Waals surface area contributed by atoms with Crippen molar-refractivity contribution in [2.24, 2.45) is 11.8 Å². The first kappa shape index (κ1) is 12.6. The van der Waals surface area contributed by atoms with Gasteiger partial charge in [-0.05, 0) is 55.0 Å².